The van der Waals surface area contributed by atoms with Crippen LogP contribution in [-0.4, -0.2) is 14.9 Å². The van der Waals surface area contributed by atoms with E-state index in [9.17, 15) is 22.0 Å². The van der Waals surface area contributed by atoms with E-state index in [1.54, 1.807) is 0 Å². The SMILES string of the molecule is Fc1ccc(-c2cc(-c3c(C(F)(F)F)nn(-c4ccc(F)cc4)c3Cl)no2)cc1. The Morgan fingerprint density at radius 3 is 2.07 bits per heavy atom. The molecular weight excluding hydrogens is 417 g/mol. The normalized spacial score (nSPS) is 11.8. The van der Waals surface area contributed by atoms with Gasteiger partial charge in [0.05, 0.1) is 11.3 Å². The lowest BCUT2D eigenvalue weighted by molar-refractivity contribution is -0.140. The predicted octanol–water partition coefficient (Wildman–Crippen LogP) is 6.14. The van der Waals surface area contributed by atoms with Gasteiger partial charge in [0, 0.05) is 11.6 Å². The van der Waals surface area contributed by atoms with Crippen LogP contribution >= 0.6 is 11.6 Å². The van der Waals surface area contributed by atoms with Crippen molar-refractivity contribution >= 4 is 11.6 Å². The second-order valence-corrected chi connectivity index (χ2v) is 6.34. The predicted molar refractivity (Wildman–Crippen MR) is 94.4 cm³/mol. The highest BCUT2D eigenvalue weighted by Crippen LogP contribution is 2.42. The maximum absolute atomic E-state index is 13.6. The summed E-state index contributed by atoms with van der Waals surface area (Å²) in [6.07, 6.45) is -4.83. The van der Waals surface area contributed by atoms with Crippen LogP contribution in [0.5, 0.6) is 0 Å². The highest BCUT2D eigenvalue weighted by molar-refractivity contribution is 6.32. The van der Waals surface area contributed by atoms with Gasteiger partial charge in [-0.1, -0.05) is 16.8 Å². The van der Waals surface area contributed by atoms with Crippen LogP contribution in [0.15, 0.2) is 59.1 Å². The van der Waals surface area contributed by atoms with E-state index in [0.717, 1.165) is 16.8 Å². The van der Waals surface area contributed by atoms with Crippen LogP contribution in [0.3, 0.4) is 0 Å². The van der Waals surface area contributed by atoms with Gasteiger partial charge in [0.1, 0.15) is 22.5 Å². The van der Waals surface area contributed by atoms with Crippen molar-refractivity contribution in [3.05, 3.63) is 77.1 Å². The molecule has 29 heavy (non-hydrogen) atoms. The summed E-state index contributed by atoms with van der Waals surface area (Å²) in [5.41, 5.74) is -1.41. The maximum atomic E-state index is 13.6. The summed E-state index contributed by atoms with van der Waals surface area (Å²) in [5.74, 6) is -0.913. The van der Waals surface area contributed by atoms with Gasteiger partial charge in [0.25, 0.3) is 0 Å². The molecule has 0 aliphatic carbocycles. The van der Waals surface area contributed by atoms with Gasteiger partial charge < -0.3 is 4.52 Å². The van der Waals surface area contributed by atoms with Crippen LogP contribution in [0.1, 0.15) is 5.69 Å². The Hall–Kier alpha value is -3.20. The second kappa shape index (κ2) is 7.00. The molecule has 2 heterocycles. The Kier molecular flexibility index (Phi) is 4.62. The van der Waals surface area contributed by atoms with E-state index in [4.69, 9.17) is 16.1 Å². The first-order valence-corrected chi connectivity index (χ1v) is 8.46. The molecule has 0 spiro atoms. The van der Waals surface area contributed by atoms with E-state index >= 15 is 0 Å². The molecule has 0 bridgehead atoms. The average Bonchev–Trinajstić information content (AvgIpc) is 3.27. The lowest BCUT2D eigenvalue weighted by atomic mass is 10.1. The first-order valence-electron chi connectivity index (χ1n) is 8.09. The molecule has 0 amide bonds. The van der Waals surface area contributed by atoms with Crippen LogP contribution in [0.2, 0.25) is 5.15 Å². The van der Waals surface area contributed by atoms with Gasteiger partial charge in [-0.2, -0.15) is 18.3 Å². The van der Waals surface area contributed by atoms with Gasteiger partial charge in [-0.05, 0) is 48.5 Å². The fraction of sp³-hybridized carbons (Fsp3) is 0.0526. The van der Waals surface area contributed by atoms with Crippen molar-refractivity contribution in [2.24, 2.45) is 0 Å². The average molecular weight is 426 g/mol. The van der Waals surface area contributed by atoms with Crippen molar-refractivity contribution in [1.82, 2.24) is 14.9 Å². The van der Waals surface area contributed by atoms with Crippen LogP contribution in [0.4, 0.5) is 22.0 Å². The van der Waals surface area contributed by atoms with Gasteiger partial charge in [-0.3, -0.25) is 0 Å². The molecule has 0 radical (unpaired) electrons. The van der Waals surface area contributed by atoms with Crippen molar-refractivity contribution in [3.8, 4) is 28.3 Å². The minimum atomic E-state index is -4.83. The van der Waals surface area contributed by atoms with Crippen LogP contribution < -0.4 is 0 Å². The maximum Gasteiger partial charge on any atom is 0.435 e. The molecule has 148 valence electrons. The number of benzene rings is 2. The highest BCUT2D eigenvalue weighted by atomic mass is 35.5. The molecular formula is C19H9ClF5N3O. The summed E-state index contributed by atoms with van der Waals surface area (Å²) in [6, 6.07) is 11.0. The third-order valence-corrected chi connectivity index (χ3v) is 4.41. The zero-order chi connectivity index (χ0) is 20.8. The number of hydrogen-bond acceptors (Lipinski definition) is 3. The lowest BCUT2D eigenvalue weighted by Crippen LogP contribution is -2.08. The van der Waals surface area contributed by atoms with Crippen molar-refractivity contribution < 1.29 is 26.5 Å². The Morgan fingerprint density at radius 1 is 0.897 bits per heavy atom. The molecule has 0 aliphatic rings. The molecule has 0 aliphatic heterocycles. The van der Waals surface area contributed by atoms with Crippen molar-refractivity contribution in [2.75, 3.05) is 0 Å². The molecule has 4 aromatic rings. The molecule has 0 saturated carbocycles. The summed E-state index contributed by atoms with van der Waals surface area (Å²) in [6.45, 7) is 0. The monoisotopic (exact) mass is 425 g/mol. The van der Waals surface area contributed by atoms with Gasteiger partial charge in [0.15, 0.2) is 11.5 Å². The minimum Gasteiger partial charge on any atom is -0.356 e. The van der Waals surface area contributed by atoms with E-state index in [2.05, 4.69) is 10.3 Å². The van der Waals surface area contributed by atoms with Crippen molar-refractivity contribution in [1.29, 1.82) is 0 Å². The van der Waals surface area contributed by atoms with Crippen molar-refractivity contribution in [2.45, 2.75) is 6.18 Å². The standard InChI is InChI=1S/C19H9ClF5N3O/c20-18-16(14-9-15(29-27-14)10-1-3-11(21)4-2-10)17(19(23,24)25)26-28(18)13-7-5-12(22)6-8-13/h1-9H. The molecule has 0 fully saturated rings. The van der Waals surface area contributed by atoms with E-state index < -0.39 is 29.1 Å². The number of rotatable bonds is 3. The molecule has 0 atom stereocenters. The quantitative estimate of drug-likeness (QED) is 0.370. The van der Waals surface area contributed by atoms with E-state index in [0.29, 0.717) is 5.56 Å². The van der Waals surface area contributed by atoms with Crippen molar-refractivity contribution in [3.63, 3.8) is 0 Å². The number of hydrogen-bond donors (Lipinski definition) is 0. The van der Waals surface area contributed by atoms with Gasteiger partial charge in [-0.15, -0.1) is 0 Å². The number of aromatic nitrogens is 3. The first-order chi connectivity index (χ1) is 13.7. The van der Waals surface area contributed by atoms with E-state index in [-0.39, 0.29) is 22.3 Å². The molecule has 0 N–H and O–H groups in total. The Labute approximate surface area is 165 Å². The fourth-order valence-electron chi connectivity index (χ4n) is 2.72. The lowest BCUT2D eigenvalue weighted by Gasteiger charge is -2.03. The summed E-state index contributed by atoms with van der Waals surface area (Å²) < 4.78 is 72.9. The Bertz CT molecular complexity index is 1160. The molecule has 0 unspecified atom stereocenters. The zero-order valence-corrected chi connectivity index (χ0v) is 15.0. The molecule has 2 aromatic heterocycles. The van der Waals surface area contributed by atoms with Crippen LogP contribution in [0.25, 0.3) is 28.3 Å². The summed E-state index contributed by atoms with van der Waals surface area (Å²) in [5, 5.41) is 6.86. The van der Waals surface area contributed by atoms with E-state index in [1.807, 2.05) is 0 Å². The van der Waals surface area contributed by atoms with Gasteiger partial charge in [0.2, 0.25) is 0 Å². The highest BCUT2D eigenvalue weighted by Gasteiger charge is 2.40. The zero-order valence-electron chi connectivity index (χ0n) is 14.2. The van der Waals surface area contributed by atoms with E-state index in [1.165, 1.54) is 42.5 Å². The molecule has 4 rings (SSSR count). The molecule has 4 nitrogen and oxygen atoms in total. The smallest absolute Gasteiger partial charge is 0.356 e. The van der Waals surface area contributed by atoms with Gasteiger partial charge >= 0.3 is 6.18 Å². The number of halogens is 6. The number of nitrogens with zero attached hydrogens (tertiary/aromatic N) is 3. The largest absolute Gasteiger partial charge is 0.435 e. The summed E-state index contributed by atoms with van der Waals surface area (Å²) in [4.78, 5) is 0. The molecule has 0 saturated heterocycles. The molecule has 10 heteroatoms. The third-order valence-electron chi connectivity index (χ3n) is 4.06. The number of alkyl halides is 3. The fourth-order valence-corrected chi connectivity index (χ4v) is 3.04. The van der Waals surface area contributed by atoms with Gasteiger partial charge in [-0.25, -0.2) is 13.5 Å². The minimum absolute atomic E-state index is 0.124. The Morgan fingerprint density at radius 2 is 1.48 bits per heavy atom. The second-order valence-electron chi connectivity index (χ2n) is 5.98. The third kappa shape index (κ3) is 3.61. The first kappa shape index (κ1) is 19.1. The topological polar surface area (TPSA) is 43.9 Å². The summed E-state index contributed by atoms with van der Waals surface area (Å²) >= 11 is 6.20. The molecule has 2 aromatic carbocycles. The summed E-state index contributed by atoms with van der Waals surface area (Å²) in [7, 11) is 0. The van der Waals surface area contributed by atoms with Crippen LogP contribution in [0, 0.1) is 11.6 Å². The Balaban J connectivity index is 1.85. The van der Waals surface area contributed by atoms with Crippen LogP contribution in [-0.2, 0) is 6.18 Å².